The van der Waals surface area contributed by atoms with Crippen LogP contribution in [0, 0.1) is 0 Å². The summed E-state index contributed by atoms with van der Waals surface area (Å²) in [4.78, 5) is 31.1. The van der Waals surface area contributed by atoms with Crippen LogP contribution in [0.15, 0.2) is 40.5 Å². The molecule has 24 heavy (non-hydrogen) atoms. The number of thioether (sulfide) groups is 1. The molecule has 0 aliphatic carbocycles. The van der Waals surface area contributed by atoms with Gasteiger partial charge in [0.25, 0.3) is 0 Å². The summed E-state index contributed by atoms with van der Waals surface area (Å²) in [6, 6.07) is 6.63. The van der Waals surface area contributed by atoms with Gasteiger partial charge in [-0.2, -0.15) is 0 Å². The molecule has 0 saturated carbocycles. The Kier molecular flexibility index (Phi) is 4.96. The molecular weight excluding hydrogens is 348 g/mol. The number of fused-ring (bicyclic) bond motifs is 1. The topological polar surface area (TPSA) is 59.0 Å². The number of rotatable bonds is 3. The van der Waals surface area contributed by atoms with Crippen LogP contribution in [-0.2, 0) is 14.3 Å². The van der Waals surface area contributed by atoms with Crippen molar-refractivity contribution in [1.82, 2.24) is 4.90 Å². The van der Waals surface area contributed by atoms with Crippen LogP contribution in [0.1, 0.15) is 31.9 Å². The average Bonchev–Trinajstić information content (AvgIpc) is 2.55. The Morgan fingerprint density at radius 2 is 2.12 bits per heavy atom. The van der Waals surface area contributed by atoms with E-state index >= 15 is 0 Å². The molecule has 2 heterocycles. The van der Waals surface area contributed by atoms with Crippen LogP contribution in [-0.4, -0.2) is 34.3 Å². The number of hydrogen-bond donors (Lipinski definition) is 0. The Balaban J connectivity index is 2.14. The summed E-state index contributed by atoms with van der Waals surface area (Å²) < 4.78 is 5.21. The molecule has 1 amide bonds. The van der Waals surface area contributed by atoms with Gasteiger partial charge in [0.1, 0.15) is 0 Å². The minimum Gasteiger partial charge on any atom is -0.463 e. The Bertz CT molecular complexity index is 743. The van der Waals surface area contributed by atoms with Gasteiger partial charge in [-0.15, -0.1) is 0 Å². The Labute approximate surface area is 149 Å². The number of halogens is 1. The highest BCUT2D eigenvalue weighted by Gasteiger charge is 2.41. The predicted octanol–water partition coefficient (Wildman–Crippen LogP) is 3.55. The fourth-order valence-electron chi connectivity index (χ4n) is 2.83. The second kappa shape index (κ2) is 6.99. The summed E-state index contributed by atoms with van der Waals surface area (Å²) in [5.74, 6) is 0.214. The monoisotopic (exact) mass is 364 g/mol. The number of carbonyl (C=O) groups excluding carboxylic acids is 2. The SMILES string of the molecule is CCOC(=O)C1=C(C)N=C2SCCC(=O)N2[C@@H]1c1ccc(Cl)cc1. The van der Waals surface area contributed by atoms with Crippen molar-refractivity contribution in [1.29, 1.82) is 0 Å². The minimum atomic E-state index is -0.533. The van der Waals surface area contributed by atoms with Crippen molar-refractivity contribution in [3.63, 3.8) is 0 Å². The van der Waals surface area contributed by atoms with E-state index in [-0.39, 0.29) is 12.5 Å². The molecule has 2 aliphatic rings. The first-order chi connectivity index (χ1) is 11.5. The lowest BCUT2D eigenvalue weighted by Gasteiger charge is -2.38. The maximum atomic E-state index is 12.5. The Hall–Kier alpha value is -1.79. The largest absolute Gasteiger partial charge is 0.463 e. The summed E-state index contributed by atoms with van der Waals surface area (Å²) in [6.45, 7) is 3.80. The van der Waals surface area contributed by atoms with E-state index in [2.05, 4.69) is 4.99 Å². The number of benzene rings is 1. The number of carbonyl (C=O) groups is 2. The van der Waals surface area contributed by atoms with E-state index in [0.29, 0.717) is 33.6 Å². The van der Waals surface area contributed by atoms with Gasteiger partial charge in [0, 0.05) is 17.2 Å². The van der Waals surface area contributed by atoms with Crippen LogP contribution in [0.5, 0.6) is 0 Å². The van der Waals surface area contributed by atoms with Crippen molar-refractivity contribution in [2.75, 3.05) is 12.4 Å². The van der Waals surface area contributed by atoms with Crippen LogP contribution in [0.2, 0.25) is 5.02 Å². The maximum absolute atomic E-state index is 12.5. The van der Waals surface area contributed by atoms with Gasteiger partial charge in [0.05, 0.1) is 23.9 Å². The number of esters is 1. The van der Waals surface area contributed by atoms with Crippen LogP contribution in [0.25, 0.3) is 0 Å². The van der Waals surface area contributed by atoms with Crippen molar-refractivity contribution < 1.29 is 14.3 Å². The second-order valence-electron chi connectivity index (χ2n) is 5.43. The molecule has 3 rings (SSSR count). The molecule has 1 aromatic rings. The van der Waals surface area contributed by atoms with Crippen LogP contribution < -0.4 is 0 Å². The smallest absolute Gasteiger partial charge is 0.338 e. The molecule has 2 aliphatic heterocycles. The highest BCUT2D eigenvalue weighted by molar-refractivity contribution is 8.14. The van der Waals surface area contributed by atoms with E-state index in [9.17, 15) is 9.59 Å². The van der Waals surface area contributed by atoms with Crippen molar-refractivity contribution in [3.05, 3.63) is 46.1 Å². The second-order valence-corrected chi connectivity index (χ2v) is 6.93. The minimum absolute atomic E-state index is 0.0400. The van der Waals surface area contributed by atoms with Crippen LogP contribution in [0.3, 0.4) is 0 Å². The standard InChI is InChI=1S/C17H17ClN2O3S/c1-3-23-16(22)14-10(2)19-17-20(13(21)8-9-24-17)15(14)11-4-6-12(18)7-5-11/h4-7,15H,3,8-9H2,1-2H3/t15-/m1/s1. The first-order valence-corrected chi connectivity index (χ1v) is 9.06. The molecule has 0 bridgehead atoms. The third-order valence-corrected chi connectivity index (χ3v) is 5.09. The molecule has 5 nitrogen and oxygen atoms in total. The number of nitrogens with zero attached hydrogens (tertiary/aromatic N) is 2. The van der Waals surface area contributed by atoms with Gasteiger partial charge in [-0.3, -0.25) is 9.69 Å². The zero-order chi connectivity index (χ0) is 17.3. The molecule has 1 fully saturated rings. The molecule has 0 spiro atoms. The number of amides is 1. The predicted molar refractivity (Wildman–Crippen MR) is 94.9 cm³/mol. The van der Waals surface area contributed by atoms with E-state index < -0.39 is 12.0 Å². The summed E-state index contributed by atoms with van der Waals surface area (Å²) in [6.07, 6.45) is 0.420. The van der Waals surface area contributed by atoms with E-state index in [0.717, 1.165) is 5.56 Å². The van der Waals surface area contributed by atoms with Crippen molar-refractivity contribution >= 4 is 40.4 Å². The summed E-state index contributed by atoms with van der Waals surface area (Å²) in [7, 11) is 0. The van der Waals surface area contributed by atoms with E-state index in [1.165, 1.54) is 11.8 Å². The molecule has 7 heteroatoms. The zero-order valence-corrected chi connectivity index (χ0v) is 15.0. The Morgan fingerprint density at radius 1 is 1.42 bits per heavy atom. The molecule has 0 N–H and O–H groups in total. The van der Waals surface area contributed by atoms with Gasteiger partial charge < -0.3 is 4.74 Å². The Morgan fingerprint density at radius 3 is 2.79 bits per heavy atom. The van der Waals surface area contributed by atoms with E-state index in [1.54, 1.807) is 30.9 Å². The summed E-state index contributed by atoms with van der Waals surface area (Å²) in [5.41, 5.74) is 1.80. The molecule has 1 saturated heterocycles. The molecule has 0 radical (unpaired) electrons. The maximum Gasteiger partial charge on any atom is 0.338 e. The van der Waals surface area contributed by atoms with Gasteiger partial charge in [-0.05, 0) is 31.5 Å². The van der Waals surface area contributed by atoms with E-state index in [4.69, 9.17) is 16.3 Å². The lowest BCUT2D eigenvalue weighted by Crippen LogP contribution is -2.45. The third-order valence-electron chi connectivity index (χ3n) is 3.89. The number of ether oxygens (including phenoxy) is 1. The first kappa shape index (κ1) is 17.0. The highest BCUT2D eigenvalue weighted by Crippen LogP contribution is 2.40. The normalized spacial score (nSPS) is 20.6. The van der Waals surface area contributed by atoms with Crippen LogP contribution >= 0.6 is 23.4 Å². The van der Waals surface area contributed by atoms with Crippen molar-refractivity contribution in [3.8, 4) is 0 Å². The van der Waals surface area contributed by atoms with Gasteiger partial charge in [0.15, 0.2) is 5.17 Å². The summed E-state index contributed by atoms with van der Waals surface area (Å²) >= 11 is 7.51. The molecular formula is C17H17ClN2O3S. The van der Waals surface area contributed by atoms with Crippen molar-refractivity contribution in [2.24, 2.45) is 4.99 Å². The van der Waals surface area contributed by atoms with Gasteiger partial charge in [-0.1, -0.05) is 35.5 Å². The number of hydrogen-bond acceptors (Lipinski definition) is 5. The van der Waals surface area contributed by atoms with Gasteiger partial charge in [0.2, 0.25) is 5.91 Å². The van der Waals surface area contributed by atoms with Gasteiger partial charge >= 0.3 is 5.97 Å². The highest BCUT2D eigenvalue weighted by atomic mass is 35.5. The average molecular weight is 365 g/mol. The molecule has 1 aromatic carbocycles. The third kappa shape index (κ3) is 3.08. The summed E-state index contributed by atoms with van der Waals surface area (Å²) in [5, 5.41) is 1.23. The molecule has 1 atom stereocenters. The molecule has 126 valence electrons. The first-order valence-electron chi connectivity index (χ1n) is 7.69. The number of aliphatic imine (C=N–C) groups is 1. The van der Waals surface area contributed by atoms with Crippen LogP contribution in [0.4, 0.5) is 0 Å². The lowest BCUT2D eigenvalue weighted by atomic mass is 9.94. The fraction of sp³-hybridized carbons (Fsp3) is 0.353. The van der Waals surface area contributed by atoms with E-state index in [1.807, 2.05) is 12.1 Å². The number of amidine groups is 1. The quantitative estimate of drug-likeness (QED) is 0.769. The molecule has 0 unspecified atom stereocenters. The zero-order valence-electron chi connectivity index (χ0n) is 13.4. The number of allylic oxidation sites excluding steroid dienone is 1. The van der Waals surface area contributed by atoms with Gasteiger partial charge in [-0.25, -0.2) is 9.79 Å². The van der Waals surface area contributed by atoms with Crippen molar-refractivity contribution in [2.45, 2.75) is 26.3 Å². The lowest BCUT2D eigenvalue weighted by molar-refractivity contribution is -0.139. The molecule has 0 aromatic heterocycles. The fourth-order valence-corrected chi connectivity index (χ4v) is 3.96.